The number of anilines is 1. The van der Waals surface area contributed by atoms with Gasteiger partial charge in [-0.25, -0.2) is 4.39 Å². The van der Waals surface area contributed by atoms with Crippen LogP contribution in [0.15, 0.2) is 53.5 Å². The van der Waals surface area contributed by atoms with E-state index in [0.29, 0.717) is 13.1 Å². The normalized spacial score (nSPS) is 14.9. The molecule has 1 fully saturated rings. The smallest absolute Gasteiger partial charge is 0.193 e. The molecule has 0 saturated carbocycles. The number of morpholine rings is 1. The van der Waals surface area contributed by atoms with Gasteiger partial charge in [-0.1, -0.05) is 30.3 Å². The number of hydrogen-bond acceptors (Lipinski definition) is 3. The minimum atomic E-state index is -0.219. The average molecular weight is 370 g/mol. The number of halogens is 1. The van der Waals surface area contributed by atoms with Crippen LogP contribution in [0.4, 0.5) is 10.1 Å². The fraction of sp³-hybridized carbons (Fsp3) is 0.381. The Labute approximate surface area is 160 Å². The van der Waals surface area contributed by atoms with Crippen LogP contribution in [-0.4, -0.2) is 51.3 Å². The zero-order valence-corrected chi connectivity index (χ0v) is 16.0. The minimum Gasteiger partial charge on any atom is -0.378 e. The molecule has 0 spiro atoms. The molecule has 0 bridgehead atoms. The van der Waals surface area contributed by atoms with Crippen LogP contribution in [0.25, 0.3) is 0 Å². The highest BCUT2D eigenvalue weighted by Crippen LogP contribution is 2.21. The highest BCUT2D eigenvalue weighted by atomic mass is 19.1. The summed E-state index contributed by atoms with van der Waals surface area (Å²) in [5, 5.41) is 3.44. The fourth-order valence-electron chi connectivity index (χ4n) is 3.27. The van der Waals surface area contributed by atoms with Crippen LogP contribution in [-0.2, 0) is 17.8 Å². The van der Waals surface area contributed by atoms with E-state index in [0.717, 1.165) is 37.8 Å². The first-order chi connectivity index (χ1) is 13.2. The van der Waals surface area contributed by atoms with E-state index in [2.05, 4.69) is 39.5 Å². The van der Waals surface area contributed by atoms with E-state index in [-0.39, 0.29) is 5.82 Å². The van der Waals surface area contributed by atoms with Crippen molar-refractivity contribution in [1.29, 1.82) is 0 Å². The summed E-state index contributed by atoms with van der Waals surface area (Å²) in [4.78, 5) is 8.78. The summed E-state index contributed by atoms with van der Waals surface area (Å²) in [6.07, 6.45) is 0. The number of hydrogen-bond donors (Lipinski definition) is 1. The Morgan fingerprint density at radius 3 is 2.56 bits per heavy atom. The number of nitrogens with one attached hydrogen (secondary N) is 1. The molecular formula is C21H27FN4O. The molecule has 0 amide bonds. The summed E-state index contributed by atoms with van der Waals surface area (Å²) < 4.78 is 18.6. The van der Waals surface area contributed by atoms with Crippen molar-refractivity contribution >= 4 is 11.6 Å². The molecule has 1 N–H and O–H groups in total. The first-order valence-corrected chi connectivity index (χ1v) is 9.24. The van der Waals surface area contributed by atoms with Crippen LogP contribution in [0.5, 0.6) is 0 Å². The van der Waals surface area contributed by atoms with Gasteiger partial charge < -0.3 is 19.9 Å². The third kappa shape index (κ3) is 5.20. The second kappa shape index (κ2) is 9.37. The van der Waals surface area contributed by atoms with Crippen LogP contribution >= 0.6 is 0 Å². The first kappa shape index (κ1) is 19.2. The van der Waals surface area contributed by atoms with Crippen LogP contribution in [0, 0.1) is 5.82 Å². The Morgan fingerprint density at radius 1 is 1.15 bits per heavy atom. The summed E-state index contributed by atoms with van der Waals surface area (Å²) in [7, 11) is 3.75. The molecule has 0 aromatic heterocycles. The molecule has 144 valence electrons. The lowest BCUT2D eigenvalue weighted by atomic mass is 10.1. The molecule has 0 aliphatic carbocycles. The van der Waals surface area contributed by atoms with E-state index in [9.17, 15) is 4.39 Å². The van der Waals surface area contributed by atoms with Gasteiger partial charge in [0.15, 0.2) is 5.96 Å². The number of benzene rings is 2. The van der Waals surface area contributed by atoms with Crippen molar-refractivity contribution < 1.29 is 9.13 Å². The second-order valence-corrected chi connectivity index (χ2v) is 6.61. The maximum Gasteiger partial charge on any atom is 0.193 e. The molecule has 2 aromatic carbocycles. The van der Waals surface area contributed by atoms with Gasteiger partial charge in [0.25, 0.3) is 0 Å². The van der Waals surface area contributed by atoms with Gasteiger partial charge in [-0.2, -0.15) is 0 Å². The van der Waals surface area contributed by atoms with E-state index < -0.39 is 0 Å². The molecule has 1 heterocycles. The van der Waals surface area contributed by atoms with Gasteiger partial charge in [0.1, 0.15) is 5.82 Å². The third-order valence-corrected chi connectivity index (χ3v) is 4.69. The summed E-state index contributed by atoms with van der Waals surface area (Å²) >= 11 is 0. The number of para-hydroxylation sites is 1. The van der Waals surface area contributed by atoms with E-state index in [1.54, 1.807) is 19.2 Å². The molecule has 1 aliphatic rings. The summed E-state index contributed by atoms with van der Waals surface area (Å²) in [5.41, 5.74) is 3.51. The lowest BCUT2D eigenvalue weighted by Crippen LogP contribution is -2.39. The van der Waals surface area contributed by atoms with Gasteiger partial charge in [0, 0.05) is 46.0 Å². The Morgan fingerprint density at radius 2 is 1.85 bits per heavy atom. The SMILES string of the molecule is CN=C(NCc1ccccc1N1CCOCC1)N(C)Cc1ccc(F)cc1. The molecular weight excluding hydrogens is 343 g/mol. The summed E-state index contributed by atoms with van der Waals surface area (Å²) in [6, 6.07) is 15.0. The Kier molecular flexibility index (Phi) is 6.65. The van der Waals surface area contributed by atoms with Gasteiger partial charge in [0.05, 0.1) is 13.2 Å². The second-order valence-electron chi connectivity index (χ2n) is 6.61. The number of rotatable bonds is 5. The summed E-state index contributed by atoms with van der Waals surface area (Å²) in [6.45, 7) is 4.71. The minimum absolute atomic E-state index is 0.219. The Hall–Kier alpha value is -2.60. The van der Waals surface area contributed by atoms with Crippen LogP contribution < -0.4 is 10.2 Å². The number of aliphatic imine (C=N–C) groups is 1. The molecule has 27 heavy (non-hydrogen) atoms. The molecule has 1 aliphatic heterocycles. The lowest BCUT2D eigenvalue weighted by molar-refractivity contribution is 0.122. The zero-order valence-electron chi connectivity index (χ0n) is 16.0. The van der Waals surface area contributed by atoms with Crippen molar-refractivity contribution in [3.05, 3.63) is 65.5 Å². The third-order valence-electron chi connectivity index (χ3n) is 4.69. The molecule has 3 rings (SSSR count). The number of nitrogens with zero attached hydrogens (tertiary/aromatic N) is 3. The highest BCUT2D eigenvalue weighted by molar-refractivity contribution is 5.79. The van der Waals surface area contributed by atoms with Gasteiger partial charge in [-0.3, -0.25) is 4.99 Å². The molecule has 5 nitrogen and oxygen atoms in total. The van der Waals surface area contributed by atoms with Crippen LogP contribution in [0.1, 0.15) is 11.1 Å². The van der Waals surface area contributed by atoms with E-state index in [1.165, 1.54) is 23.4 Å². The van der Waals surface area contributed by atoms with Crippen molar-refractivity contribution in [1.82, 2.24) is 10.2 Å². The maximum atomic E-state index is 13.1. The number of ether oxygens (including phenoxy) is 1. The first-order valence-electron chi connectivity index (χ1n) is 9.24. The van der Waals surface area contributed by atoms with Crippen molar-refractivity contribution in [3.8, 4) is 0 Å². The van der Waals surface area contributed by atoms with Gasteiger partial charge in [0.2, 0.25) is 0 Å². The molecule has 2 aromatic rings. The van der Waals surface area contributed by atoms with Crippen LogP contribution in [0.2, 0.25) is 0 Å². The van der Waals surface area contributed by atoms with E-state index >= 15 is 0 Å². The van der Waals surface area contributed by atoms with Crippen molar-refractivity contribution in [2.45, 2.75) is 13.1 Å². The Balaban J connectivity index is 1.63. The van der Waals surface area contributed by atoms with Crippen molar-refractivity contribution in [2.75, 3.05) is 45.3 Å². The largest absolute Gasteiger partial charge is 0.378 e. The molecule has 0 unspecified atom stereocenters. The van der Waals surface area contributed by atoms with Gasteiger partial charge in [-0.05, 0) is 29.3 Å². The standard InChI is InChI=1S/C21H27FN4O/c1-23-21(25(2)16-17-7-9-19(22)10-8-17)24-15-18-5-3-4-6-20(18)26-11-13-27-14-12-26/h3-10H,11-16H2,1-2H3,(H,23,24). The Bertz CT molecular complexity index is 757. The predicted molar refractivity (Wildman–Crippen MR) is 108 cm³/mol. The quantitative estimate of drug-likeness (QED) is 0.649. The van der Waals surface area contributed by atoms with Gasteiger partial charge in [-0.15, -0.1) is 0 Å². The topological polar surface area (TPSA) is 40.1 Å². The molecule has 1 saturated heterocycles. The predicted octanol–water partition coefficient (Wildman–Crippen LogP) is 2.87. The monoisotopic (exact) mass is 370 g/mol. The maximum absolute atomic E-state index is 13.1. The fourth-order valence-corrected chi connectivity index (χ4v) is 3.27. The molecule has 0 radical (unpaired) electrons. The molecule has 0 atom stereocenters. The zero-order chi connectivity index (χ0) is 19.1. The van der Waals surface area contributed by atoms with E-state index in [1.807, 2.05) is 11.9 Å². The van der Waals surface area contributed by atoms with Crippen LogP contribution in [0.3, 0.4) is 0 Å². The average Bonchev–Trinajstić information content (AvgIpc) is 2.71. The van der Waals surface area contributed by atoms with Gasteiger partial charge >= 0.3 is 0 Å². The number of guanidine groups is 1. The van der Waals surface area contributed by atoms with Crippen molar-refractivity contribution in [3.63, 3.8) is 0 Å². The lowest BCUT2D eigenvalue weighted by Gasteiger charge is -2.31. The molecule has 6 heteroatoms. The van der Waals surface area contributed by atoms with Crippen molar-refractivity contribution in [2.24, 2.45) is 4.99 Å². The van der Waals surface area contributed by atoms with E-state index in [4.69, 9.17) is 4.74 Å². The highest BCUT2D eigenvalue weighted by Gasteiger charge is 2.15. The summed E-state index contributed by atoms with van der Waals surface area (Å²) in [5.74, 6) is 0.583.